The van der Waals surface area contributed by atoms with Crippen molar-refractivity contribution in [1.29, 1.82) is 0 Å². The monoisotopic (exact) mass is 357 g/mol. The quantitative estimate of drug-likeness (QED) is 0.781. The number of aryl methyl sites for hydroxylation is 3. The fourth-order valence-corrected chi connectivity index (χ4v) is 3.39. The number of amides is 1. The summed E-state index contributed by atoms with van der Waals surface area (Å²) in [4.78, 5) is 12.9. The molecule has 0 saturated heterocycles. The van der Waals surface area contributed by atoms with Gasteiger partial charge in [-0.1, -0.05) is 0 Å². The van der Waals surface area contributed by atoms with Gasteiger partial charge in [-0.05, 0) is 19.9 Å². The predicted molar refractivity (Wildman–Crippen MR) is 84.2 cm³/mol. The highest BCUT2D eigenvalue weighted by molar-refractivity contribution is 7.20. The van der Waals surface area contributed by atoms with Crippen molar-refractivity contribution in [3.8, 4) is 0 Å². The van der Waals surface area contributed by atoms with Crippen molar-refractivity contribution in [1.82, 2.24) is 19.6 Å². The van der Waals surface area contributed by atoms with Gasteiger partial charge in [0.25, 0.3) is 5.91 Å². The average molecular weight is 357 g/mol. The number of halogens is 3. The molecule has 1 N–H and O–H groups in total. The molecule has 3 heterocycles. The lowest BCUT2D eigenvalue weighted by Gasteiger charge is -2.05. The number of thiophene rings is 1. The summed E-state index contributed by atoms with van der Waals surface area (Å²) < 4.78 is 41.8. The zero-order chi connectivity index (χ0) is 17.6. The van der Waals surface area contributed by atoms with Crippen LogP contribution in [-0.2, 0) is 19.8 Å². The molecule has 1 amide bonds. The molecule has 24 heavy (non-hydrogen) atoms. The van der Waals surface area contributed by atoms with Crippen molar-refractivity contribution in [2.24, 2.45) is 7.05 Å². The predicted octanol–water partition coefficient (Wildman–Crippen LogP) is 3.43. The Hall–Kier alpha value is -2.36. The third-order valence-corrected chi connectivity index (χ3v) is 4.65. The molecule has 0 radical (unpaired) electrons. The maximum absolute atomic E-state index is 13.0. The second kappa shape index (κ2) is 5.62. The largest absolute Gasteiger partial charge is 0.435 e. The van der Waals surface area contributed by atoms with E-state index < -0.39 is 17.8 Å². The van der Waals surface area contributed by atoms with Crippen LogP contribution in [-0.4, -0.2) is 25.5 Å². The summed E-state index contributed by atoms with van der Waals surface area (Å²) in [6.45, 7) is 4.24. The van der Waals surface area contributed by atoms with Gasteiger partial charge in [-0.2, -0.15) is 23.4 Å². The number of nitrogens with zero attached hydrogens (tertiary/aromatic N) is 4. The van der Waals surface area contributed by atoms with E-state index in [1.54, 1.807) is 17.7 Å². The number of carbonyl (C=O) groups excluding carboxylic acids is 1. The van der Waals surface area contributed by atoms with Crippen LogP contribution in [0.15, 0.2) is 12.1 Å². The Morgan fingerprint density at radius 1 is 1.33 bits per heavy atom. The van der Waals surface area contributed by atoms with E-state index in [2.05, 4.69) is 15.5 Å². The van der Waals surface area contributed by atoms with Gasteiger partial charge in [0.1, 0.15) is 10.6 Å². The molecule has 0 aromatic carbocycles. The molecule has 0 aliphatic rings. The fraction of sp³-hybridized carbons (Fsp3) is 0.357. The summed E-state index contributed by atoms with van der Waals surface area (Å²) >= 11 is 0.967. The van der Waals surface area contributed by atoms with Crippen LogP contribution in [0.4, 0.5) is 19.0 Å². The van der Waals surface area contributed by atoms with E-state index in [-0.39, 0.29) is 10.3 Å². The minimum absolute atomic E-state index is 0.0691. The smallest absolute Gasteiger partial charge is 0.306 e. The van der Waals surface area contributed by atoms with Crippen molar-refractivity contribution < 1.29 is 18.0 Å². The van der Waals surface area contributed by atoms with Gasteiger partial charge in [-0.25, -0.2) is 4.68 Å². The number of rotatable bonds is 3. The zero-order valence-corrected chi connectivity index (χ0v) is 13.9. The van der Waals surface area contributed by atoms with Crippen molar-refractivity contribution in [3.63, 3.8) is 0 Å². The first-order chi connectivity index (χ1) is 11.2. The lowest BCUT2D eigenvalue weighted by Crippen LogP contribution is -2.14. The van der Waals surface area contributed by atoms with Crippen LogP contribution in [0.2, 0.25) is 0 Å². The zero-order valence-electron chi connectivity index (χ0n) is 13.1. The molecule has 0 aliphatic carbocycles. The number of alkyl halides is 3. The topological polar surface area (TPSA) is 64.7 Å². The lowest BCUT2D eigenvalue weighted by molar-refractivity contribution is -0.140. The molecule has 0 aliphatic heterocycles. The molecule has 0 bridgehead atoms. The van der Waals surface area contributed by atoms with Crippen LogP contribution in [0, 0.1) is 6.92 Å². The molecule has 0 fully saturated rings. The second-order valence-corrected chi connectivity index (χ2v) is 6.27. The summed E-state index contributed by atoms with van der Waals surface area (Å²) in [5.74, 6) is 0.0329. The van der Waals surface area contributed by atoms with Crippen LogP contribution >= 0.6 is 11.3 Å². The fourth-order valence-electron chi connectivity index (χ4n) is 2.43. The van der Waals surface area contributed by atoms with Crippen molar-refractivity contribution in [2.75, 3.05) is 5.32 Å². The molecule has 0 unspecified atom stereocenters. The third-order valence-electron chi connectivity index (χ3n) is 3.45. The van der Waals surface area contributed by atoms with Gasteiger partial charge < -0.3 is 5.32 Å². The van der Waals surface area contributed by atoms with Gasteiger partial charge in [0.15, 0.2) is 5.69 Å². The molecular formula is C14H14F3N5OS. The van der Waals surface area contributed by atoms with Crippen LogP contribution in [0.1, 0.15) is 28.0 Å². The van der Waals surface area contributed by atoms with Gasteiger partial charge in [0, 0.05) is 25.0 Å². The molecule has 0 saturated carbocycles. The third kappa shape index (κ3) is 2.77. The van der Waals surface area contributed by atoms with Gasteiger partial charge in [0.2, 0.25) is 0 Å². The SMILES string of the molecule is CCn1nc(C)cc1NC(=O)c1cc2c(C(F)(F)F)nn(C)c2s1. The first-order valence-electron chi connectivity index (χ1n) is 7.10. The summed E-state index contributed by atoms with van der Waals surface area (Å²) in [6, 6.07) is 2.93. The molecule has 0 spiro atoms. The van der Waals surface area contributed by atoms with E-state index in [9.17, 15) is 18.0 Å². The Kier molecular flexibility index (Phi) is 3.86. The molecule has 3 aromatic heterocycles. The summed E-state index contributed by atoms with van der Waals surface area (Å²) in [5.41, 5.74) is -0.239. The number of carbonyl (C=O) groups is 1. The number of anilines is 1. The Balaban J connectivity index is 1.96. The van der Waals surface area contributed by atoms with E-state index in [1.807, 2.05) is 6.92 Å². The van der Waals surface area contributed by atoms with E-state index in [0.29, 0.717) is 17.2 Å². The van der Waals surface area contributed by atoms with Crippen molar-refractivity contribution >= 4 is 33.3 Å². The normalized spacial score (nSPS) is 12.1. The highest BCUT2D eigenvalue weighted by Crippen LogP contribution is 2.37. The first kappa shape index (κ1) is 16.5. The number of aromatic nitrogens is 4. The van der Waals surface area contributed by atoms with Gasteiger partial charge in [0.05, 0.1) is 10.6 Å². The Morgan fingerprint density at radius 2 is 2.04 bits per heavy atom. The van der Waals surface area contributed by atoms with E-state index in [1.165, 1.54) is 13.1 Å². The van der Waals surface area contributed by atoms with E-state index in [4.69, 9.17) is 0 Å². The number of fused-ring (bicyclic) bond motifs is 1. The van der Waals surface area contributed by atoms with Crippen LogP contribution in [0.5, 0.6) is 0 Å². The van der Waals surface area contributed by atoms with Crippen molar-refractivity contribution in [2.45, 2.75) is 26.6 Å². The molecule has 6 nitrogen and oxygen atoms in total. The van der Waals surface area contributed by atoms with E-state index in [0.717, 1.165) is 21.7 Å². The van der Waals surface area contributed by atoms with Gasteiger partial charge >= 0.3 is 6.18 Å². The number of hydrogen-bond acceptors (Lipinski definition) is 4. The number of nitrogens with one attached hydrogen (secondary N) is 1. The van der Waals surface area contributed by atoms with Crippen LogP contribution < -0.4 is 5.32 Å². The van der Waals surface area contributed by atoms with Crippen molar-refractivity contribution in [3.05, 3.63) is 28.4 Å². The lowest BCUT2D eigenvalue weighted by atomic mass is 10.2. The molecule has 0 atom stereocenters. The molecular weight excluding hydrogens is 343 g/mol. The highest BCUT2D eigenvalue weighted by Gasteiger charge is 2.37. The van der Waals surface area contributed by atoms with Gasteiger partial charge in [-0.3, -0.25) is 9.48 Å². The Labute approximate surface area is 138 Å². The maximum atomic E-state index is 13.0. The van der Waals surface area contributed by atoms with Crippen LogP contribution in [0.3, 0.4) is 0 Å². The standard InChI is InChI=1S/C14H14F3N5OS/c1-4-22-10(5-7(2)19-22)18-12(23)9-6-8-11(14(15,16)17)20-21(3)13(8)24-9/h5-6H,4H2,1-3H3,(H,18,23). The summed E-state index contributed by atoms with van der Waals surface area (Å²) in [6.07, 6.45) is -4.56. The van der Waals surface area contributed by atoms with Gasteiger partial charge in [-0.15, -0.1) is 11.3 Å². The molecule has 3 rings (SSSR count). The summed E-state index contributed by atoms with van der Waals surface area (Å²) in [5, 5.41) is 10.3. The average Bonchev–Trinajstić information content (AvgIpc) is 3.13. The maximum Gasteiger partial charge on any atom is 0.435 e. The number of hydrogen-bond donors (Lipinski definition) is 1. The second-order valence-electron chi connectivity index (χ2n) is 5.24. The summed E-state index contributed by atoms with van der Waals surface area (Å²) in [7, 11) is 1.42. The minimum Gasteiger partial charge on any atom is -0.306 e. The Bertz CT molecular complexity index is 921. The first-order valence-corrected chi connectivity index (χ1v) is 7.92. The van der Waals surface area contributed by atoms with Crippen LogP contribution in [0.25, 0.3) is 10.2 Å². The minimum atomic E-state index is -4.56. The van der Waals surface area contributed by atoms with E-state index >= 15 is 0 Å². The molecule has 10 heteroatoms. The molecule has 128 valence electrons. The Morgan fingerprint density at radius 3 is 2.67 bits per heavy atom. The molecule has 3 aromatic rings. The highest BCUT2D eigenvalue weighted by atomic mass is 32.1.